The normalized spacial score (nSPS) is 16.2. The summed E-state index contributed by atoms with van der Waals surface area (Å²) in [5.74, 6) is -0.320. The molecule has 1 aromatic heterocycles. The highest BCUT2D eigenvalue weighted by atomic mass is 32.2. The van der Waals surface area contributed by atoms with Gasteiger partial charge in [0.05, 0.1) is 11.6 Å². The van der Waals surface area contributed by atoms with E-state index in [0.29, 0.717) is 31.1 Å². The van der Waals surface area contributed by atoms with Gasteiger partial charge in [-0.2, -0.15) is 13.2 Å². The summed E-state index contributed by atoms with van der Waals surface area (Å²) >= 11 is 0. The van der Waals surface area contributed by atoms with Crippen molar-refractivity contribution in [2.75, 3.05) is 23.4 Å². The molecule has 0 radical (unpaired) electrons. The number of nitrogens with zero attached hydrogens (tertiary/aromatic N) is 3. The second-order valence-corrected chi connectivity index (χ2v) is 11.1. The summed E-state index contributed by atoms with van der Waals surface area (Å²) in [5.41, 5.74) is -3.20. The second-order valence-electron chi connectivity index (χ2n) is 9.16. The Hall–Kier alpha value is -3.44. The Balaban J connectivity index is 1.46. The molecule has 1 N–H and O–H groups in total. The maximum atomic E-state index is 12.8. The fourth-order valence-corrected chi connectivity index (χ4v) is 4.82. The van der Waals surface area contributed by atoms with Gasteiger partial charge in [0.2, 0.25) is 0 Å². The maximum absolute atomic E-state index is 12.8. The number of carbonyl (C=O) groups is 1. The number of aromatic nitrogens is 1. The van der Waals surface area contributed by atoms with Gasteiger partial charge >= 0.3 is 5.51 Å². The van der Waals surface area contributed by atoms with E-state index in [4.69, 9.17) is 0 Å². The summed E-state index contributed by atoms with van der Waals surface area (Å²) in [4.78, 5) is 20.2. The Morgan fingerprint density at radius 2 is 1.72 bits per heavy atom. The number of halogens is 3. The molecule has 0 atom stereocenters. The van der Waals surface area contributed by atoms with Gasteiger partial charge in [-0.05, 0) is 67.9 Å². The molecule has 0 spiro atoms. The van der Waals surface area contributed by atoms with E-state index in [9.17, 15) is 26.4 Å². The van der Waals surface area contributed by atoms with E-state index in [2.05, 4.69) is 15.2 Å². The highest BCUT2D eigenvalue weighted by Crippen LogP contribution is 2.33. The number of hydrogen-bond donors (Lipinski definition) is 1. The monoisotopic (exact) mass is 518 g/mol. The summed E-state index contributed by atoms with van der Waals surface area (Å²) < 4.78 is 61.8. The minimum atomic E-state index is -5.39. The number of para-hydroxylation sites is 1. The summed E-state index contributed by atoms with van der Waals surface area (Å²) in [6, 6.07) is 17.4. The van der Waals surface area contributed by atoms with E-state index >= 15 is 0 Å². The lowest BCUT2D eigenvalue weighted by Crippen LogP contribution is -2.39. The molecule has 0 saturated carbocycles. The molecule has 0 unspecified atom stereocenters. The first-order chi connectivity index (χ1) is 16.9. The molecule has 1 aliphatic rings. The third-order valence-corrected chi connectivity index (χ3v) is 7.56. The van der Waals surface area contributed by atoms with E-state index in [-0.39, 0.29) is 17.1 Å². The van der Waals surface area contributed by atoms with Crippen molar-refractivity contribution in [2.45, 2.75) is 36.3 Å². The predicted octanol–water partition coefficient (Wildman–Crippen LogP) is 4.69. The summed E-state index contributed by atoms with van der Waals surface area (Å²) in [5, 5.41) is 2.81. The quantitative estimate of drug-likeness (QED) is 0.510. The van der Waals surface area contributed by atoms with Crippen LogP contribution in [-0.2, 0) is 16.4 Å². The fraction of sp³-hybridized carbons (Fsp3) is 0.280. The van der Waals surface area contributed by atoms with Crippen LogP contribution in [0.5, 0.6) is 0 Å². The third-order valence-electron chi connectivity index (χ3n) is 6.05. The smallest absolute Gasteiger partial charge is 0.357 e. The maximum Gasteiger partial charge on any atom is 0.501 e. The molecule has 1 saturated heterocycles. The van der Waals surface area contributed by atoms with Crippen LogP contribution in [-0.4, -0.2) is 48.5 Å². The molecule has 3 aromatic rings. The van der Waals surface area contributed by atoms with Gasteiger partial charge in [0, 0.05) is 36.2 Å². The van der Waals surface area contributed by atoms with Crippen LogP contribution in [0.4, 0.5) is 24.5 Å². The zero-order chi connectivity index (χ0) is 26.1. The van der Waals surface area contributed by atoms with Gasteiger partial charge in [-0.25, -0.2) is 8.42 Å². The molecule has 7 nitrogen and oxygen atoms in total. The van der Waals surface area contributed by atoms with Gasteiger partial charge in [0.15, 0.2) is 0 Å². The molecular formula is C25H25F3N4O3S. The van der Waals surface area contributed by atoms with Crippen LogP contribution in [0.15, 0.2) is 77.8 Å². The van der Waals surface area contributed by atoms with Gasteiger partial charge in [-0.15, -0.1) is 0 Å². The first-order valence-corrected chi connectivity index (χ1v) is 12.6. The zero-order valence-electron chi connectivity index (χ0n) is 19.7. The van der Waals surface area contributed by atoms with Crippen LogP contribution in [0.25, 0.3) is 0 Å². The van der Waals surface area contributed by atoms with Crippen LogP contribution in [0.3, 0.4) is 0 Å². The second kappa shape index (κ2) is 9.55. The van der Waals surface area contributed by atoms with Gasteiger partial charge in [-0.3, -0.25) is 14.7 Å². The SMILES string of the molecule is CC1(C)CN(c2ccc(S(=O)(=O)C(F)(F)F)cc2)CN1Cc1ccnc(C(=O)Nc2ccccc2)c1. The molecule has 1 aliphatic heterocycles. The van der Waals surface area contributed by atoms with Crippen LogP contribution < -0.4 is 10.2 Å². The Labute approximate surface area is 207 Å². The van der Waals surface area contributed by atoms with Crippen LogP contribution in [0.2, 0.25) is 0 Å². The first kappa shape index (κ1) is 25.6. The van der Waals surface area contributed by atoms with E-state index < -0.39 is 20.2 Å². The number of hydrogen-bond acceptors (Lipinski definition) is 6. The van der Waals surface area contributed by atoms with E-state index in [1.54, 1.807) is 24.4 Å². The van der Waals surface area contributed by atoms with E-state index in [0.717, 1.165) is 17.7 Å². The third kappa shape index (κ3) is 5.36. The van der Waals surface area contributed by atoms with Crippen molar-refractivity contribution >= 4 is 27.1 Å². The number of pyridine rings is 1. The average Bonchev–Trinajstić information content (AvgIpc) is 3.13. The molecule has 11 heteroatoms. The minimum Gasteiger partial charge on any atom is -0.357 e. The predicted molar refractivity (Wildman–Crippen MR) is 130 cm³/mol. The van der Waals surface area contributed by atoms with Crippen LogP contribution in [0.1, 0.15) is 29.9 Å². The molecule has 1 fully saturated rings. The van der Waals surface area contributed by atoms with Crippen molar-refractivity contribution in [3.8, 4) is 0 Å². The van der Waals surface area contributed by atoms with E-state index in [1.807, 2.05) is 43.0 Å². The molecule has 2 aromatic carbocycles. The van der Waals surface area contributed by atoms with Crippen molar-refractivity contribution in [3.63, 3.8) is 0 Å². The molecule has 0 aliphatic carbocycles. The van der Waals surface area contributed by atoms with Crippen molar-refractivity contribution in [1.29, 1.82) is 0 Å². The van der Waals surface area contributed by atoms with Crippen LogP contribution >= 0.6 is 0 Å². The average molecular weight is 519 g/mol. The molecule has 36 heavy (non-hydrogen) atoms. The number of nitrogens with one attached hydrogen (secondary N) is 1. The number of rotatable bonds is 6. The van der Waals surface area contributed by atoms with Crippen molar-refractivity contribution in [1.82, 2.24) is 9.88 Å². The van der Waals surface area contributed by atoms with Gasteiger partial charge in [0.1, 0.15) is 5.69 Å². The number of carbonyl (C=O) groups excluding carboxylic acids is 1. The molecule has 4 rings (SSSR count). The molecule has 190 valence electrons. The number of alkyl halides is 3. The number of benzene rings is 2. The minimum absolute atomic E-state index is 0.284. The number of anilines is 2. The number of sulfone groups is 1. The zero-order valence-corrected chi connectivity index (χ0v) is 20.5. The Morgan fingerprint density at radius 1 is 1.06 bits per heavy atom. The van der Waals surface area contributed by atoms with Crippen molar-refractivity contribution in [3.05, 3.63) is 84.2 Å². The standard InChI is InChI=1S/C25H25F3N4O3S/c1-24(2)16-31(20-8-10-21(11-9-20)36(34,35)25(26,27)28)17-32(24)15-18-12-13-29-22(14-18)23(33)30-19-6-4-3-5-7-19/h3-14H,15-17H2,1-2H3,(H,30,33). The van der Waals surface area contributed by atoms with Gasteiger partial charge in [-0.1, -0.05) is 18.2 Å². The summed E-state index contributed by atoms with van der Waals surface area (Å²) in [6.07, 6.45) is 1.58. The number of amides is 1. The first-order valence-electron chi connectivity index (χ1n) is 11.1. The van der Waals surface area contributed by atoms with Crippen molar-refractivity contribution in [2.24, 2.45) is 0 Å². The van der Waals surface area contributed by atoms with Crippen LogP contribution in [0, 0.1) is 0 Å². The van der Waals surface area contributed by atoms with Gasteiger partial charge < -0.3 is 10.2 Å². The molecule has 1 amide bonds. The highest BCUT2D eigenvalue weighted by Gasteiger charge is 2.47. The molecule has 2 heterocycles. The van der Waals surface area contributed by atoms with Crippen molar-refractivity contribution < 1.29 is 26.4 Å². The topological polar surface area (TPSA) is 82.6 Å². The highest BCUT2D eigenvalue weighted by molar-refractivity contribution is 7.92. The lowest BCUT2D eigenvalue weighted by molar-refractivity contribution is -0.0436. The summed E-state index contributed by atoms with van der Waals surface area (Å²) in [6.45, 7) is 5.63. The Kier molecular flexibility index (Phi) is 6.80. The Bertz CT molecular complexity index is 1340. The largest absolute Gasteiger partial charge is 0.501 e. The molecular weight excluding hydrogens is 493 g/mol. The fourth-order valence-electron chi connectivity index (χ4n) is 4.06. The lowest BCUT2D eigenvalue weighted by atomic mass is 10.0. The summed E-state index contributed by atoms with van der Waals surface area (Å²) in [7, 11) is -5.39. The molecule has 0 bridgehead atoms. The van der Waals surface area contributed by atoms with E-state index in [1.165, 1.54) is 12.1 Å². The Morgan fingerprint density at radius 3 is 2.36 bits per heavy atom. The van der Waals surface area contributed by atoms with Gasteiger partial charge in [0.25, 0.3) is 15.7 Å². The lowest BCUT2D eigenvalue weighted by Gasteiger charge is -2.29.